The zero-order valence-electron chi connectivity index (χ0n) is 14.4. The zero-order chi connectivity index (χ0) is 17.3. The lowest BCUT2D eigenvalue weighted by atomic mass is 10.2. The van der Waals surface area contributed by atoms with Gasteiger partial charge >= 0.3 is 6.09 Å². The monoisotopic (exact) mass is 323 g/mol. The fourth-order valence-corrected chi connectivity index (χ4v) is 2.45. The zero-order valence-corrected chi connectivity index (χ0v) is 14.4. The number of aryl methyl sites for hydroxylation is 1. The third kappa shape index (κ3) is 3.43. The second-order valence-electron chi connectivity index (χ2n) is 6.75. The molecule has 0 N–H and O–H groups in total. The minimum absolute atomic E-state index is 0.384. The highest BCUT2D eigenvalue weighted by molar-refractivity contribution is 5.90. The highest BCUT2D eigenvalue weighted by atomic mass is 16.6. The van der Waals surface area contributed by atoms with E-state index in [2.05, 4.69) is 0 Å². The Balaban J connectivity index is 1.88. The molecule has 0 spiro atoms. The fraction of sp³-hybridized carbons (Fsp3) is 0.250. The molecule has 3 aromatic rings. The molecular formula is C20H21NO3. The second kappa shape index (κ2) is 6.04. The van der Waals surface area contributed by atoms with Crippen LogP contribution < -0.4 is 4.74 Å². The molecule has 0 saturated heterocycles. The molecule has 1 aromatic heterocycles. The van der Waals surface area contributed by atoms with Crippen molar-refractivity contribution in [2.45, 2.75) is 33.3 Å². The molecule has 4 heteroatoms. The van der Waals surface area contributed by atoms with Crippen LogP contribution in [0.2, 0.25) is 0 Å². The Morgan fingerprint density at radius 3 is 2.50 bits per heavy atom. The smallest absolute Gasteiger partial charge is 0.418 e. The molecule has 0 unspecified atom stereocenters. The Morgan fingerprint density at radius 1 is 1.04 bits per heavy atom. The molecule has 0 amide bonds. The van der Waals surface area contributed by atoms with Gasteiger partial charge in [-0.15, -0.1) is 0 Å². The van der Waals surface area contributed by atoms with Gasteiger partial charge in [0, 0.05) is 11.6 Å². The van der Waals surface area contributed by atoms with Crippen LogP contribution in [0.5, 0.6) is 11.5 Å². The SMILES string of the molecule is Cc1ccccc1Oc1ccc2c(ccn2C(=O)OC(C)(C)C)c1. The van der Waals surface area contributed by atoms with Gasteiger partial charge in [0.05, 0.1) is 5.52 Å². The standard InChI is InChI=1S/C20H21NO3/c1-14-7-5-6-8-18(14)23-16-9-10-17-15(13-16)11-12-21(17)19(22)24-20(2,3)4/h5-13H,1-4H3. The number of fused-ring (bicyclic) bond motifs is 1. The van der Waals surface area contributed by atoms with Crippen LogP contribution in [-0.4, -0.2) is 16.3 Å². The molecule has 2 aromatic carbocycles. The van der Waals surface area contributed by atoms with E-state index >= 15 is 0 Å². The first-order valence-corrected chi connectivity index (χ1v) is 7.91. The van der Waals surface area contributed by atoms with Crippen LogP contribution in [0, 0.1) is 6.92 Å². The van der Waals surface area contributed by atoms with E-state index in [4.69, 9.17) is 9.47 Å². The van der Waals surface area contributed by atoms with Crippen molar-refractivity contribution >= 4 is 17.0 Å². The average Bonchev–Trinajstić information content (AvgIpc) is 2.91. The fourth-order valence-electron chi connectivity index (χ4n) is 2.45. The largest absolute Gasteiger partial charge is 0.457 e. The van der Waals surface area contributed by atoms with Crippen LogP contribution in [0.25, 0.3) is 10.9 Å². The normalized spacial score (nSPS) is 11.5. The van der Waals surface area contributed by atoms with Crippen molar-refractivity contribution < 1.29 is 14.3 Å². The molecule has 24 heavy (non-hydrogen) atoms. The van der Waals surface area contributed by atoms with E-state index in [0.29, 0.717) is 0 Å². The van der Waals surface area contributed by atoms with Gasteiger partial charge in [-0.1, -0.05) is 18.2 Å². The van der Waals surface area contributed by atoms with Gasteiger partial charge < -0.3 is 9.47 Å². The van der Waals surface area contributed by atoms with E-state index in [9.17, 15) is 4.79 Å². The van der Waals surface area contributed by atoms with Crippen LogP contribution in [0.15, 0.2) is 54.7 Å². The predicted molar refractivity (Wildman–Crippen MR) is 94.8 cm³/mol. The van der Waals surface area contributed by atoms with Crippen molar-refractivity contribution in [3.8, 4) is 11.5 Å². The number of nitrogens with zero attached hydrogens (tertiary/aromatic N) is 1. The third-order valence-electron chi connectivity index (χ3n) is 3.57. The van der Waals surface area contributed by atoms with Gasteiger partial charge in [-0.05, 0) is 63.6 Å². The van der Waals surface area contributed by atoms with Crippen LogP contribution in [0.1, 0.15) is 26.3 Å². The molecule has 0 aliphatic heterocycles. The number of carbonyl (C=O) groups is 1. The predicted octanol–water partition coefficient (Wildman–Crippen LogP) is 5.53. The summed E-state index contributed by atoms with van der Waals surface area (Å²) < 4.78 is 12.9. The van der Waals surface area contributed by atoms with Crippen molar-refractivity contribution in [2.75, 3.05) is 0 Å². The van der Waals surface area contributed by atoms with Crippen LogP contribution >= 0.6 is 0 Å². The molecule has 0 atom stereocenters. The molecule has 0 fully saturated rings. The first-order valence-electron chi connectivity index (χ1n) is 7.91. The number of carbonyl (C=O) groups excluding carboxylic acids is 1. The maximum absolute atomic E-state index is 12.3. The average molecular weight is 323 g/mol. The Morgan fingerprint density at radius 2 is 1.79 bits per heavy atom. The number of hydrogen-bond donors (Lipinski definition) is 0. The molecular weight excluding hydrogens is 302 g/mol. The summed E-state index contributed by atoms with van der Waals surface area (Å²) in [6.07, 6.45) is 1.33. The molecule has 0 saturated carbocycles. The van der Waals surface area contributed by atoms with Gasteiger partial charge in [-0.2, -0.15) is 0 Å². The number of aromatic nitrogens is 1. The van der Waals surface area contributed by atoms with Gasteiger partial charge in [0.15, 0.2) is 0 Å². The van der Waals surface area contributed by atoms with Crippen LogP contribution in [0.3, 0.4) is 0 Å². The third-order valence-corrected chi connectivity index (χ3v) is 3.57. The summed E-state index contributed by atoms with van der Waals surface area (Å²) in [6, 6.07) is 15.4. The van der Waals surface area contributed by atoms with Gasteiger partial charge in [-0.3, -0.25) is 4.57 Å². The van der Waals surface area contributed by atoms with E-state index in [-0.39, 0.29) is 6.09 Å². The van der Waals surface area contributed by atoms with Crippen molar-refractivity contribution in [1.82, 2.24) is 4.57 Å². The molecule has 0 aliphatic carbocycles. The first kappa shape index (κ1) is 16.1. The summed E-state index contributed by atoms with van der Waals surface area (Å²) in [6.45, 7) is 7.56. The molecule has 4 nitrogen and oxygen atoms in total. The van der Waals surface area contributed by atoms with Crippen molar-refractivity contribution in [2.24, 2.45) is 0 Å². The number of ether oxygens (including phenoxy) is 2. The molecule has 124 valence electrons. The van der Waals surface area contributed by atoms with Gasteiger partial charge in [0.25, 0.3) is 0 Å². The topological polar surface area (TPSA) is 40.5 Å². The van der Waals surface area contributed by atoms with Crippen LogP contribution in [-0.2, 0) is 4.74 Å². The van der Waals surface area contributed by atoms with Crippen molar-refractivity contribution in [3.05, 3.63) is 60.3 Å². The quantitative estimate of drug-likeness (QED) is 0.623. The van der Waals surface area contributed by atoms with E-state index < -0.39 is 5.60 Å². The van der Waals surface area contributed by atoms with Crippen LogP contribution in [0.4, 0.5) is 4.79 Å². The summed E-state index contributed by atoms with van der Waals surface area (Å²) in [5.41, 5.74) is 1.34. The molecule has 3 rings (SSSR count). The molecule has 0 radical (unpaired) electrons. The highest BCUT2D eigenvalue weighted by Gasteiger charge is 2.19. The lowest BCUT2D eigenvalue weighted by Crippen LogP contribution is -2.26. The maximum Gasteiger partial charge on any atom is 0.418 e. The van der Waals surface area contributed by atoms with E-state index in [1.54, 1.807) is 6.20 Å². The molecule has 1 heterocycles. The Kier molecular flexibility index (Phi) is 4.06. The van der Waals surface area contributed by atoms with Crippen molar-refractivity contribution in [1.29, 1.82) is 0 Å². The van der Waals surface area contributed by atoms with E-state index in [0.717, 1.165) is 28.0 Å². The van der Waals surface area contributed by atoms with Gasteiger partial charge in [-0.25, -0.2) is 4.79 Å². The maximum atomic E-state index is 12.3. The Hall–Kier alpha value is -2.75. The number of hydrogen-bond acceptors (Lipinski definition) is 3. The Labute approximate surface area is 141 Å². The Bertz CT molecular complexity index is 887. The second-order valence-corrected chi connectivity index (χ2v) is 6.75. The summed E-state index contributed by atoms with van der Waals surface area (Å²) >= 11 is 0. The van der Waals surface area contributed by atoms with Gasteiger partial charge in [0.1, 0.15) is 17.1 Å². The lowest BCUT2D eigenvalue weighted by Gasteiger charge is -2.19. The highest BCUT2D eigenvalue weighted by Crippen LogP contribution is 2.28. The van der Waals surface area contributed by atoms with Crippen molar-refractivity contribution in [3.63, 3.8) is 0 Å². The van der Waals surface area contributed by atoms with E-state index in [1.807, 2.05) is 76.2 Å². The minimum atomic E-state index is -0.526. The van der Waals surface area contributed by atoms with Gasteiger partial charge in [0.2, 0.25) is 0 Å². The summed E-state index contributed by atoms with van der Waals surface area (Å²) in [5.74, 6) is 1.56. The van der Waals surface area contributed by atoms with E-state index in [1.165, 1.54) is 4.57 Å². The number of rotatable bonds is 2. The number of para-hydroxylation sites is 1. The lowest BCUT2D eigenvalue weighted by molar-refractivity contribution is 0.0544. The first-order chi connectivity index (χ1) is 11.3. The summed E-state index contributed by atoms with van der Waals surface area (Å²) in [7, 11) is 0. The minimum Gasteiger partial charge on any atom is -0.457 e. The summed E-state index contributed by atoms with van der Waals surface area (Å²) in [5, 5.41) is 0.923. The molecule has 0 bridgehead atoms. The molecule has 0 aliphatic rings. The summed E-state index contributed by atoms with van der Waals surface area (Å²) in [4.78, 5) is 12.3. The number of benzene rings is 2.